The molecule has 0 bridgehead atoms. The van der Waals surface area contributed by atoms with Gasteiger partial charge in [0.05, 0.1) is 17.2 Å². The van der Waals surface area contributed by atoms with Crippen LogP contribution >= 0.6 is 0 Å². The van der Waals surface area contributed by atoms with Gasteiger partial charge in [-0.05, 0) is 18.2 Å². The van der Waals surface area contributed by atoms with Gasteiger partial charge in [0.25, 0.3) is 5.91 Å². The van der Waals surface area contributed by atoms with Crippen LogP contribution in [0.4, 0.5) is 5.69 Å². The average Bonchev–Trinajstić information content (AvgIpc) is 2.38. The Balaban J connectivity index is 2.36. The minimum absolute atomic E-state index is 0.00226. The Morgan fingerprint density at radius 2 is 2.21 bits per heavy atom. The monoisotopic (exact) mass is 286 g/mol. The zero-order valence-corrected chi connectivity index (χ0v) is 11.1. The summed E-state index contributed by atoms with van der Waals surface area (Å²) >= 11 is 0. The van der Waals surface area contributed by atoms with Crippen molar-refractivity contribution in [3.8, 4) is 5.75 Å². The van der Waals surface area contributed by atoms with E-state index in [1.54, 1.807) is 0 Å². The van der Waals surface area contributed by atoms with E-state index in [1.165, 1.54) is 25.2 Å². The van der Waals surface area contributed by atoms with Crippen LogP contribution in [0.15, 0.2) is 23.1 Å². The molecule has 1 aliphatic rings. The van der Waals surface area contributed by atoms with E-state index in [2.05, 4.69) is 5.32 Å². The molecule has 0 aliphatic carbocycles. The fraction of sp³-hybridized carbons (Fsp3) is 0.364. The quantitative estimate of drug-likeness (QED) is 0.787. The van der Waals surface area contributed by atoms with Crippen LogP contribution in [0.25, 0.3) is 0 Å². The summed E-state index contributed by atoms with van der Waals surface area (Å²) in [5.74, 6) is 0.106. The van der Waals surface area contributed by atoms with Crippen molar-refractivity contribution in [2.75, 3.05) is 32.1 Å². The molecule has 19 heavy (non-hydrogen) atoms. The van der Waals surface area contributed by atoms with E-state index in [-0.39, 0.29) is 30.6 Å². The maximum atomic E-state index is 12.2. The molecule has 0 spiro atoms. The number of rotatable bonds is 4. The Hall–Kier alpha value is -1.64. The molecular weight excluding hydrogens is 272 g/mol. The van der Waals surface area contributed by atoms with Crippen molar-refractivity contribution in [3.05, 3.63) is 18.2 Å². The van der Waals surface area contributed by atoms with Crippen molar-refractivity contribution in [2.45, 2.75) is 4.90 Å². The highest BCUT2D eigenvalue weighted by Crippen LogP contribution is 2.30. The predicted octanol–water partition coefficient (Wildman–Crippen LogP) is -0.370. The number of aliphatic hydroxyl groups excluding tert-OH is 1. The molecule has 0 radical (unpaired) electrons. The van der Waals surface area contributed by atoms with Gasteiger partial charge < -0.3 is 15.2 Å². The van der Waals surface area contributed by atoms with E-state index in [4.69, 9.17) is 9.84 Å². The Labute approximate surface area is 110 Å². The minimum Gasteiger partial charge on any atom is -0.482 e. The van der Waals surface area contributed by atoms with E-state index in [9.17, 15) is 13.2 Å². The van der Waals surface area contributed by atoms with Gasteiger partial charge in [0.15, 0.2) is 6.61 Å². The number of nitrogens with one attached hydrogen (secondary N) is 1. The minimum atomic E-state index is -3.69. The molecule has 2 N–H and O–H groups in total. The molecule has 1 heterocycles. The standard InChI is InChI=1S/C11H14N2O5S/c1-13(4-5-14)19(16,17)8-2-3-10-9(6-8)12-11(15)7-18-10/h2-3,6,14H,4-5,7H2,1H3,(H,12,15). The van der Waals surface area contributed by atoms with Gasteiger partial charge in [0.1, 0.15) is 5.75 Å². The van der Waals surface area contributed by atoms with E-state index >= 15 is 0 Å². The number of likely N-dealkylation sites (N-methyl/N-ethyl adjacent to an activating group) is 1. The summed E-state index contributed by atoms with van der Waals surface area (Å²) in [6.07, 6.45) is 0. The van der Waals surface area contributed by atoms with Crippen molar-refractivity contribution < 1.29 is 23.1 Å². The Morgan fingerprint density at radius 3 is 2.89 bits per heavy atom. The van der Waals surface area contributed by atoms with Crippen LogP contribution in [0, 0.1) is 0 Å². The Morgan fingerprint density at radius 1 is 1.47 bits per heavy atom. The number of sulfonamides is 1. The Bertz CT molecular complexity index is 599. The van der Waals surface area contributed by atoms with Gasteiger partial charge in [0.2, 0.25) is 10.0 Å². The molecule has 1 amide bonds. The highest BCUT2D eigenvalue weighted by atomic mass is 32.2. The molecule has 104 valence electrons. The maximum Gasteiger partial charge on any atom is 0.262 e. The van der Waals surface area contributed by atoms with Crippen molar-refractivity contribution in [2.24, 2.45) is 0 Å². The van der Waals surface area contributed by atoms with Crippen molar-refractivity contribution in [1.82, 2.24) is 4.31 Å². The largest absolute Gasteiger partial charge is 0.482 e. The van der Waals surface area contributed by atoms with Crippen LogP contribution in [-0.2, 0) is 14.8 Å². The second-order valence-electron chi connectivity index (χ2n) is 4.04. The number of carbonyl (C=O) groups excluding carboxylic acids is 1. The number of amides is 1. The number of fused-ring (bicyclic) bond motifs is 1. The van der Waals surface area contributed by atoms with Crippen molar-refractivity contribution >= 4 is 21.6 Å². The molecule has 0 unspecified atom stereocenters. The first-order valence-electron chi connectivity index (χ1n) is 5.59. The number of hydrogen-bond donors (Lipinski definition) is 2. The van der Waals surface area contributed by atoms with Crippen molar-refractivity contribution in [3.63, 3.8) is 0 Å². The number of hydrogen-bond acceptors (Lipinski definition) is 5. The molecule has 1 aromatic rings. The molecule has 7 nitrogen and oxygen atoms in total. The first-order chi connectivity index (χ1) is 8.95. The number of aliphatic hydroxyl groups is 1. The summed E-state index contributed by atoms with van der Waals surface area (Å²) in [5, 5.41) is 11.3. The molecule has 0 saturated heterocycles. The summed E-state index contributed by atoms with van der Waals surface area (Å²) < 4.78 is 30.5. The zero-order chi connectivity index (χ0) is 14.0. The highest BCUT2D eigenvalue weighted by molar-refractivity contribution is 7.89. The number of ether oxygens (including phenoxy) is 1. The number of nitrogens with zero attached hydrogens (tertiary/aromatic N) is 1. The van der Waals surface area contributed by atoms with Gasteiger partial charge in [0, 0.05) is 13.6 Å². The topological polar surface area (TPSA) is 95.9 Å². The van der Waals surface area contributed by atoms with Crippen molar-refractivity contribution in [1.29, 1.82) is 0 Å². The third kappa shape index (κ3) is 2.70. The lowest BCUT2D eigenvalue weighted by atomic mass is 10.2. The average molecular weight is 286 g/mol. The third-order valence-electron chi connectivity index (χ3n) is 2.71. The molecule has 2 rings (SSSR count). The van der Waals surface area contributed by atoms with E-state index in [0.29, 0.717) is 11.4 Å². The second-order valence-corrected chi connectivity index (χ2v) is 6.09. The van der Waals surface area contributed by atoms with Gasteiger partial charge in [-0.1, -0.05) is 0 Å². The van der Waals surface area contributed by atoms with Gasteiger partial charge >= 0.3 is 0 Å². The van der Waals surface area contributed by atoms with E-state index < -0.39 is 10.0 Å². The number of carbonyl (C=O) groups is 1. The van der Waals surface area contributed by atoms with Gasteiger partial charge in [-0.2, -0.15) is 4.31 Å². The third-order valence-corrected chi connectivity index (χ3v) is 4.56. The maximum absolute atomic E-state index is 12.2. The molecule has 1 aromatic carbocycles. The highest BCUT2D eigenvalue weighted by Gasteiger charge is 2.23. The fourth-order valence-corrected chi connectivity index (χ4v) is 2.85. The van der Waals surface area contributed by atoms with Crippen LogP contribution in [0.5, 0.6) is 5.75 Å². The lowest BCUT2D eigenvalue weighted by Gasteiger charge is -2.20. The van der Waals surface area contributed by atoms with Crippen LogP contribution in [-0.4, -0.2) is 50.5 Å². The van der Waals surface area contributed by atoms with Crippen LogP contribution < -0.4 is 10.1 Å². The summed E-state index contributed by atoms with van der Waals surface area (Å²) in [7, 11) is -2.31. The Kier molecular flexibility index (Phi) is 3.74. The smallest absolute Gasteiger partial charge is 0.262 e. The van der Waals surface area contributed by atoms with E-state index in [1.807, 2.05) is 0 Å². The molecule has 8 heteroatoms. The summed E-state index contributed by atoms with van der Waals surface area (Å²) in [5.41, 5.74) is 0.328. The van der Waals surface area contributed by atoms with Gasteiger partial charge in [-0.15, -0.1) is 0 Å². The molecular formula is C11H14N2O5S. The molecule has 0 atom stereocenters. The normalized spacial score (nSPS) is 14.8. The molecule has 0 fully saturated rings. The number of benzene rings is 1. The zero-order valence-electron chi connectivity index (χ0n) is 10.3. The SMILES string of the molecule is CN(CCO)S(=O)(=O)c1ccc2c(c1)NC(=O)CO2. The van der Waals surface area contributed by atoms with Gasteiger partial charge in [-0.25, -0.2) is 8.42 Å². The summed E-state index contributed by atoms with van der Waals surface area (Å²) in [6, 6.07) is 4.24. The van der Waals surface area contributed by atoms with E-state index in [0.717, 1.165) is 4.31 Å². The summed E-state index contributed by atoms with van der Waals surface area (Å²) in [4.78, 5) is 11.2. The van der Waals surface area contributed by atoms with Gasteiger partial charge in [-0.3, -0.25) is 4.79 Å². The fourth-order valence-electron chi connectivity index (χ4n) is 1.66. The summed E-state index contributed by atoms with van der Waals surface area (Å²) in [6.45, 7) is -0.341. The first kappa shape index (κ1) is 13.8. The van der Waals surface area contributed by atoms with Crippen LogP contribution in [0.1, 0.15) is 0 Å². The lowest BCUT2D eigenvalue weighted by molar-refractivity contribution is -0.118. The molecule has 0 aromatic heterocycles. The lowest BCUT2D eigenvalue weighted by Crippen LogP contribution is -2.30. The van der Waals surface area contributed by atoms with Crippen LogP contribution in [0.2, 0.25) is 0 Å². The van der Waals surface area contributed by atoms with Crippen LogP contribution in [0.3, 0.4) is 0 Å². The molecule has 1 aliphatic heterocycles. The predicted molar refractivity (Wildman–Crippen MR) is 67.5 cm³/mol. The first-order valence-corrected chi connectivity index (χ1v) is 7.03. The number of anilines is 1. The second kappa shape index (κ2) is 5.16. The molecule has 0 saturated carbocycles.